The summed E-state index contributed by atoms with van der Waals surface area (Å²) in [5.41, 5.74) is 3.33. The highest BCUT2D eigenvalue weighted by Gasteiger charge is 2.07. The molecule has 1 aromatic carbocycles. The number of benzene rings is 1. The van der Waals surface area contributed by atoms with Gasteiger partial charge in [-0.15, -0.1) is 0 Å². The molecule has 0 saturated heterocycles. The summed E-state index contributed by atoms with van der Waals surface area (Å²) in [7, 11) is 0. The van der Waals surface area contributed by atoms with Gasteiger partial charge in [-0.05, 0) is 49.4 Å². The molecule has 2 aromatic rings. The van der Waals surface area contributed by atoms with Gasteiger partial charge in [0.15, 0.2) is 0 Å². The Labute approximate surface area is 108 Å². The third-order valence-corrected chi connectivity index (χ3v) is 3.20. The van der Waals surface area contributed by atoms with Crippen molar-refractivity contribution in [1.82, 2.24) is 10.3 Å². The molecule has 1 amide bonds. The number of amides is 1. The fourth-order valence-corrected chi connectivity index (χ4v) is 2.05. The van der Waals surface area contributed by atoms with E-state index in [0.29, 0.717) is 6.42 Å². The normalized spacial score (nSPS) is 12.6. The summed E-state index contributed by atoms with van der Waals surface area (Å²) in [6.07, 6.45) is 1.41. The number of aryl methyl sites for hydroxylation is 1. The first-order valence-corrected chi connectivity index (χ1v) is 6.46. The molecule has 0 bridgehead atoms. The van der Waals surface area contributed by atoms with Crippen LogP contribution in [0.25, 0.3) is 10.9 Å². The standard InChI is InChI=1S/C15H20N2O/c1-4-10(2)17-15(18)9-12-5-6-14-13(8-12)7-11(3)16-14/h5-8,10,16H,4,9H2,1-3H3,(H,17,18). The minimum atomic E-state index is 0.0935. The van der Waals surface area contributed by atoms with Crippen LogP contribution in [-0.4, -0.2) is 16.9 Å². The first-order chi connectivity index (χ1) is 8.58. The largest absolute Gasteiger partial charge is 0.359 e. The van der Waals surface area contributed by atoms with E-state index in [-0.39, 0.29) is 11.9 Å². The van der Waals surface area contributed by atoms with Crippen molar-refractivity contribution in [2.24, 2.45) is 0 Å². The lowest BCUT2D eigenvalue weighted by molar-refractivity contribution is -0.121. The van der Waals surface area contributed by atoms with Crippen molar-refractivity contribution in [1.29, 1.82) is 0 Å². The summed E-state index contributed by atoms with van der Waals surface area (Å²) in [6, 6.07) is 8.47. The Morgan fingerprint density at radius 2 is 2.17 bits per heavy atom. The Hall–Kier alpha value is -1.77. The number of H-pyrrole nitrogens is 1. The highest BCUT2D eigenvalue weighted by molar-refractivity contribution is 5.84. The zero-order valence-electron chi connectivity index (χ0n) is 11.2. The van der Waals surface area contributed by atoms with Crippen LogP contribution < -0.4 is 5.32 Å². The number of carbonyl (C=O) groups excluding carboxylic acids is 1. The SMILES string of the molecule is CCC(C)NC(=O)Cc1ccc2[nH]c(C)cc2c1. The maximum absolute atomic E-state index is 11.8. The predicted octanol–water partition coefficient (Wildman–Crippen LogP) is 2.93. The maximum Gasteiger partial charge on any atom is 0.224 e. The van der Waals surface area contributed by atoms with E-state index in [1.807, 2.05) is 26.0 Å². The molecule has 2 rings (SSSR count). The average molecular weight is 244 g/mol. The number of hydrogen-bond donors (Lipinski definition) is 2. The van der Waals surface area contributed by atoms with Gasteiger partial charge in [0.05, 0.1) is 6.42 Å². The summed E-state index contributed by atoms with van der Waals surface area (Å²) in [5, 5.41) is 4.15. The number of fused-ring (bicyclic) bond motifs is 1. The lowest BCUT2D eigenvalue weighted by Crippen LogP contribution is -2.33. The van der Waals surface area contributed by atoms with Crippen molar-refractivity contribution >= 4 is 16.8 Å². The van der Waals surface area contributed by atoms with Gasteiger partial charge in [0.1, 0.15) is 0 Å². The van der Waals surface area contributed by atoms with E-state index in [2.05, 4.69) is 29.4 Å². The van der Waals surface area contributed by atoms with E-state index >= 15 is 0 Å². The summed E-state index contributed by atoms with van der Waals surface area (Å²) >= 11 is 0. The molecule has 0 saturated carbocycles. The van der Waals surface area contributed by atoms with Gasteiger partial charge in [-0.1, -0.05) is 13.0 Å². The lowest BCUT2D eigenvalue weighted by atomic mass is 10.1. The molecule has 0 aliphatic rings. The molecule has 1 heterocycles. The Morgan fingerprint density at radius 1 is 1.39 bits per heavy atom. The molecule has 3 heteroatoms. The van der Waals surface area contributed by atoms with Crippen molar-refractivity contribution in [3.8, 4) is 0 Å². The van der Waals surface area contributed by atoms with Crippen LogP contribution in [0.15, 0.2) is 24.3 Å². The van der Waals surface area contributed by atoms with Gasteiger partial charge in [0.2, 0.25) is 5.91 Å². The topological polar surface area (TPSA) is 44.9 Å². The smallest absolute Gasteiger partial charge is 0.224 e. The second-order valence-corrected chi connectivity index (χ2v) is 4.93. The third-order valence-electron chi connectivity index (χ3n) is 3.20. The summed E-state index contributed by atoms with van der Waals surface area (Å²) in [4.78, 5) is 15.1. The van der Waals surface area contributed by atoms with Crippen LogP contribution in [0.3, 0.4) is 0 Å². The zero-order valence-corrected chi connectivity index (χ0v) is 11.2. The first kappa shape index (κ1) is 12.7. The molecule has 96 valence electrons. The lowest BCUT2D eigenvalue weighted by Gasteiger charge is -2.11. The van der Waals surface area contributed by atoms with Crippen molar-refractivity contribution < 1.29 is 4.79 Å². The molecule has 1 aromatic heterocycles. The molecule has 1 atom stereocenters. The van der Waals surface area contributed by atoms with Crippen LogP contribution in [0.5, 0.6) is 0 Å². The Bertz CT molecular complexity index is 557. The number of rotatable bonds is 4. The molecule has 0 fully saturated rings. The number of aromatic amines is 1. The van der Waals surface area contributed by atoms with E-state index in [0.717, 1.165) is 23.2 Å². The van der Waals surface area contributed by atoms with Gasteiger partial charge in [0, 0.05) is 17.3 Å². The quantitative estimate of drug-likeness (QED) is 0.853. The van der Waals surface area contributed by atoms with E-state index in [4.69, 9.17) is 0 Å². The molecule has 2 N–H and O–H groups in total. The summed E-state index contributed by atoms with van der Waals surface area (Å²) < 4.78 is 0. The van der Waals surface area contributed by atoms with Crippen LogP contribution in [0.2, 0.25) is 0 Å². The minimum Gasteiger partial charge on any atom is -0.359 e. The van der Waals surface area contributed by atoms with Crippen molar-refractivity contribution in [2.45, 2.75) is 39.7 Å². The van der Waals surface area contributed by atoms with Crippen molar-refractivity contribution in [3.05, 3.63) is 35.5 Å². The van der Waals surface area contributed by atoms with Gasteiger partial charge in [0.25, 0.3) is 0 Å². The fraction of sp³-hybridized carbons (Fsp3) is 0.400. The molecule has 1 unspecified atom stereocenters. The monoisotopic (exact) mass is 244 g/mol. The molecule has 0 radical (unpaired) electrons. The van der Waals surface area contributed by atoms with Gasteiger partial charge < -0.3 is 10.3 Å². The highest BCUT2D eigenvalue weighted by atomic mass is 16.1. The number of aromatic nitrogens is 1. The zero-order chi connectivity index (χ0) is 13.1. The maximum atomic E-state index is 11.8. The molecule has 3 nitrogen and oxygen atoms in total. The van der Waals surface area contributed by atoms with Crippen LogP contribution in [0, 0.1) is 6.92 Å². The first-order valence-electron chi connectivity index (χ1n) is 6.46. The van der Waals surface area contributed by atoms with Gasteiger partial charge in [-0.2, -0.15) is 0 Å². The Balaban J connectivity index is 2.09. The highest BCUT2D eigenvalue weighted by Crippen LogP contribution is 2.17. The Morgan fingerprint density at radius 3 is 2.89 bits per heavy atom. The van der Waals surface area contributed by atoms with Crippen LogP contribution in [0.4, 0.5) is 0 Å². The minimum absolute atomic E-state index is 0.0935. The molecular weight excluding hydrogens is 224 g/mol. The van der Waals surface area contributed by atoms with Crippen molar-refractivity contribution in [3.63, 3.8) is 0 Å². The van der Waals surface area contributed by atoms with Gasteiger partial charge in [-0.3, -0.25) is 4.79 Å². The van der Waals surface area contributed by atoms with Crippen LogP contribution in [-0.2, 0) is 11.2 Å². The average Bonchev–Trinajstić information content (AvgIpc) is 2.68. The molecular formula is C15H20N2O. The van der Waals surface area contributed by atoms with E-state index in [1.54, 1.807) is 0 Å². The van der Waals surface area contributed by atoms with Crippen molar-refractivity contribution in [2.75, 3.05) is 0 Å². The Kier molecular flexibility index (Phi) is 3.70. The number of hydrogen-bond acceptors (Lipinski definition) is 1. The van der Waals surface area contributed by atoms with E-state index in [1.165, 1.54) is 5.39 Å². The fourth-order valence-electron chi connectivity index (χ4n) is 2.05. The van der Waals surface area contributed by atoms with E-state index in [9.17, 15) is 4.79 Å². The van der Waals surface area contributed by atoms with Gasteiger partial charge in [-0.25, -0.2) is 0 Å². The molecule has 0 spiro atoms. The van der Waals surface area contributed by atoms with E-state index < -0.39 is 0 Å². The third kappa shape index (κ3) is 2.92. The molecule has 0 aliphatic carbocycles. The number of carbonyl (C=O) groups is 1. The molecule has 18 heavy (non-hydrogen) atoms. The number of nitrogens with one attached hydrogen (secondary N) is 2. The van der Waals surface area contributed by atoms with Crippen LogP contribution >= 0.6 is 0 Å². The second-order valence-electron chi connectivity index (χ2n) is 4.93. The van der Waals surface area contributed by atoms with Crippen LogP contribution in [0.1, 0.15) is 31.5 Å². The second kappa shape index (κ2) is 5.25. The van der Waals surface area contributed by atoms with Gasteiger partial charge >= 0.3 is 0 Å². The predicted molar refractivity (Wildman–Crippen MR) is 74.6 cm³/mol. The summed E-state index contributed by atoms with van der Waals surface area (Å²) in [6.45, 7) is 6.13. The summed E-state index contributed by atoms with van der Waals surface area (Å²) in [5.74, 6) is 0.0935. The molecule has 0 aliphatic heterocycles.